The molecule has 0 aliphatic heterocycles. The zero-order chi connectivity index (χ0) is 11.4. The quantitative estimate of drug-likeness (QED) is 0.877. The summed E-state index contributed by atoms with van der Waals surface area (Å²) in [5, 5.41) is 1.71. The normalized spacial score (nSPS) is 12.4. The molecule has 0 saturated carbocycles. The third-order valence-electron chi connectivity index (χ3n) is 2.03. The second-order valence-corrected chi connectivity index (χ2v) is 4.34. The summed E-state index contributed by atoms with van der Waals surface area (Å²) in [6.07, 6.45) is 6.78. The molecule has 2 aromatic rings. The van der Waals surface area contributed by atoms with Crippen molar-refractivity contribution in [2.24, 2.45) is 5.73 Å². The third kappa shape index (κ3) is 2.56. The molecule has 2 N–H and O–H groups in total. The summed E-state index contributed by atoms with van der Waals surface area (Å²) in [6, 6.07) is 3.84. The van der Waals surface area contributed by atoms with Crippen LogP contribution >= 0.6 is 11.8 Å². The van der Waals surface area contributed by atoms with E-state index < -0.39 is 0 Å². The molecule has 82 valence electrons. The minimum Gasteiger partial charge on any atom is -0.324 e. The number of aromatic nitrogens is 3. The Morgan fingerprint density at radius 1 is 1.25 bits per heavy atom. The van der Waals surface area contributed by atoms with E-state index in [1.165, 1.54) is 11.8 Å². The summed E-state index contributed by atoms with van der Waals surface area (Å²) >= 11 is 1.48. The van der Waals surface area contributed by atoms with Gasteiger partial charge in [0.15, 0.2) is 0 Å². The van der Waals surface area contributed by atoms with Crippen molar-refractivity contribution in [2.45, 2.75) is 23.0 Å². The Morgan fingerprint density at radius 3 is 2.81 bits per heavy atom. The molecule has 0 aliphatic carbocycles. The molecule has 1 unspecified atom stereocenters. The highest BCUT2D eigenvalue weighted by molar-refractivity contribution is 7.99. The van der Waals surface area contributed by atoms with E-state index in [2.05, 4.69) is 15.0 Å². The summed E-state index contributed by atoms with van der Waals surface area (Å²) in [6.45, 7) is 1.94. The summed E-state index contributed by atoms with van der Waals surface area (Å²) in [5.41, 5.74) is 6.90. The topological polar surface area (TPSA) is 64.7 Å². The number of hydrogen-bond donors (Lipinski definition) is 1. The monoisotopic (exact) mass is 232 g/mol. The van der Waals surface area contributed by atoms with Gasteiger partial charge >= 0.3 is 0 Å². The van der Waals surface area contributed by atoms with Crippen LogP contribution in [0.2, 0.25) is 0 Å². The lowest BCUT2D eigenvalue weighted by molar-refractivity contribution is 0.779. The van der Waals surface area contributed by atoms with Gasteiger partial charge in [-0.1, -0.05) is 6.07 Å². The molecule has 1 atom stereocenters. The average Bonchev–Trinajstić information content (AvgIpc) is 2.31. The fourth-order valence-corrected chi connectivity index (χ4v) is 2.18. The minimum atomic E-state index is -0.0344. The third-order valence-corrected chi connectivity index (χ3v) is 2.99. The van der Waals surface area contributed by atoms with E-state index in [1.807, 2.05) is 19.1 Å². The van der Waals surface area contributed by atoms with Gasteiger partial charge < -0.3 is 5.73 Å². The van der Waals surface area contributed by atoms with Crippen molar-refractivity contribution in [2.75, 3.05) is 0 Å². The molecule has 0 radical (unpaired) electrons. The van der Waals surface area contributed by atoms with Crippen LogP contribution in [0.4, 0.5) is 0 Å². The van der Waals surface area contributed by atoms with Gasteiger partial charge in [-0.3, -0.25) is 4.98 Å². The molecule has 0 saturated heterocycles. The number of nitrogens with two attached hydrogens (primary N) is 1. The van der Waals surface area contributed by atoms with Crippen molar-refractivity contribution in [1.29, 1.82) is 0 Å². The Bertz CT molecular complexity index is 459. The second kappa shape index (κ2) is 5.05. The van der Waals surface area contributed by atoms with E-state index in [9.17, 15) is 0 Å². The Morgan fingerprint density at radius 2 is 2.12 bits per heavy atom. The van der Waals surface area contributed by atoms with E-state index in [-0.39, 0.29) is 6.04 Å². The molecular weight excluding hydrogens is 220 g/mol. The molecule has 2 aromatic heterocycles. The summed E-state index contributed by atoms with van der Waals surface area (Å²) in [4.78, 5) is 12.5. The number of hydrogen-bond acceptors (Lipinski definition) is 5. The lowest BCUT2D eigenvalue weighted by Gasteiger charge is -2.09. The predicted molar refractivity (Wildman–Crippen MR) is 63.0 cm³/mol. The lowest BCUT2D eigenvalue weighted by Crippen LogP contribution is -2.07. The highest BCUT2D eigenvalue weighted by atomic mass is 32.2. The largest absolute Gasteiger partial charge is 0.324 e. The van der Waals surface area contributed by atoms with Crippen LogP contribution in [-0.2, 0) is 0 Å². The molecule has 4 nitrogen and oxygen atoms in total. The first-order chi connectivity index (χ1) is 7.77. The van der Waals surface area contributed by atoms with Gasteiger partial charge in [-0.15, -0.1) is 0 Å². The van der Waals surface area contributed by atoms with Crippen molar-refractivity contribution in [3.05, 3.63) is 42.5 Å². The summed E-state index contributed by atoms with van der Waals surface area (Å²) < 4.78 is 0. The van der Waals surface area contributed by atoms with Crippen molar-refractivity contribution in [3.8, 4) is 0 Å². The molecule has 0 bridgehead atoms. The molecule has 2 rings (SSSR count). The maximum Gasteiger partial charge on any atom is 0.121 e. The van der Waals surface area contributed by atoms with Crippen LogP contribution in [0, 0.1) is 0 Å². The van der Waals surface area contributed by atoms with Crippen LogP contribution in [0.1, 0.15) is 18.5 Å². The molecular formula is C11H12N4S. The van der Waals surface area contributed by atoms with Gasteiger partial charge in [0.05, 0.1) is 6.20 Å². The highest BCUT2D eigenvalue weighted by Gasteiger charge is 2.09. The van der Waals surface area contributed by atoms with E-state index in [0.29, 0.717) is 0 Å². The Balaban J connectivity index is 2.28. The first kappa shape index (κ1) is 11.0. The molecule has 2 heterocycles. The fraction of sp³-hybridized carbons (Fsp3) is 0.182. The van der Waals surface area contributed by atoms with Crippen LogP contribution < -0.4 is 5.73 Å². The van der Waals surface area contributed by atoms with E-state index in [1.54, 1.807) is 24.8 Å². The van der Waals surface area contributed by atoms with Crippen LogP contribution in [0.5, 0.6) is 0 Å². The van der Waals surface area contributed by atoms with Crippen LogP contribution in [0.15, 0.2) is 47.0 Å². The maximum absolute atomic E-state index is 5.88. The fourth-order valence-electron chi connectivity index (χ4n) is 1.27. The second-order valence-electron chi connectivity index (χ2n) is 3.33. The highest BCUT2D eigenvalue weighted by Crippen LogP contribution is 2.28. The van der Waals surface area contributed by atoms with Gasteiger partial charge in [-0.2, -0.15) is 0 Å². The molecule has 0 aromatic carbocycles. The average molecular weight is 232 g/mol. The van der Waals surface area contributed by atoms with E-state index >= 15 is 0 Å². The van der Waals surface area contributed by atoms with Gasteiger partial charge in [0.2, 0.25) is 0 Å². The molecule has 5 heteroatoms. The van der Waals surface area contributed by atoms with Gasteiger partial charge in [0.25, 0.3) is 0 Å². The lowest BCUT2D eigenvalue weighted by atomic mass is 10.2. The van der Waals surface area contributed by atoms with Crippen molar-refractivity contribution >= 4 is 11.8 Å². The van der Waals surface area contributed by atoms with Crippen molar-refractivity contribution in [3.63, 3.8) is 0 Å². The van der Waals surface area contributed by atoms with Crippen molar-refractivity contribution in [1.82, 2.24) is 15.0 Å². The zero-order valence-corrected chi connectivity index (χ0v) is 9.69. The number of rotatable bonds is 3. The van der Waals surface area contributed by atoms with Crippen molar-refractivity contribution < 1.29 is 0 Å². The Labute approximate surface area is 98.3 Å². The molecule has 0 fully saturated rings. The molecule has 16 heavy (non-hydrogen) atoms. The Kier molecular flexibility index (Phi) is 3.48. The SMILES string of the molecule is CC(N)c1cccnc1Sc1cnccn1. The Hall–Kier alpha value is -1.46. The summed E-state index contributed by atoms with van der Waals surface area (Å²) in [7, 11) is 0. The van der Waals surface area contributed by atoms with E-state index in [4.69, 9.17) is 5.73 Å². The smallest absolute Gasteiger partial charge is 0.121 e. The van der Waals surface area contributed by atoms with E-state index in [0.717, 1.165) is 15.6 Å². The maximum atomic E-state index is 5.88. The van der Waals surface area contributed by atoms with Crippen LogP contribution in [0.3, 0.4) is 0 Å². The van der Waals surface area contributed by atoms with Gasteiger partial charge in [0.1, 0.15) is 10.1 Å². The first-order valence-electron chi connectivity index (χ1n) is 4.91. The van der Waals surface area contributed by atoms with Gasteiger partial charge in [0, 0.05) is 30.2 Å². The van der Waals surface area contributed by atoms with Gasteiger partial charge in [-0.05, 0) is 24.8 Å². The number of pyridine rings is 1. The predicted octanol–water partition coefficient (Wildman–Crippen LogP) is 2.04. The summed E-state index contributed by atoms with van der Waals surface area (Å²) in [5.74, 6) is 0. The van der Waals surface area contributed by atoms with Crippen LogP contribution in [0.25, 0.3) is 0 Å². The number of nitrogens with zero attached hydrogens (tertiary/aromatic N) is 3. The zero-order valence-electron chi connectivity index (χ0n) is 8.87. The van der Waals surface area contributed by atoms with Gasteiger partial charge in [-0.25, -0.2) is 9.97 Å². The molecule has 0 aliphatic rings. The minimum absolute atomic E-state index is 0.0344. The molecule has 0 spiro atoms. The first-order valence-corrected chi connectivity index (χ1v) is 5.73. The molecule has 0 amide bonds. The van der Waals surface area contributed by atoms with Crippen LogP contribution in [-0.4, -0.2) is 15.0 Å². The standard InChI is InChI=1S/C11H12N4S/c1-8(12)9-3-2-4-15-11(9)16-10-7-13-5-6-14-10/h2-8H,12H2,1H3.